The van der Waals surface area contributed by atoms with E-state index in [1.54, 1.807) is 6.07 Å². The molecule has 0 aliphatic heterocycles. The molecule has 28 heavy (non-hydrogen) atoms. The lowest BCUT2D eigenvalue weighted by atomic mass is 9.68. The quantitative estimate of drug-likeness (QED) is 0.251. The number of hydrogen-bond acceptors (Lipinski definition) is 4. The number of benzene rings is 1. The molecule has 0 aromatic heterocycles. The highest BCUT2D eigenvalue weighted by Gasteiger charge is 2.32. The van der Waals surface area contributed by atoms with Crippen molar-refractivity contribution in [2.75, 3.05) is 11.1 Å². The van der Waals surface area contributed by atoms with E-state index in [2.05, 4.69) is 12.2 Å². The van der Waals surface area contributed by atoms with E-state index in [9.17, 15) is 10.1 Å². The molecule has 3 rings (SSSR count). The van der Waals surface area contributed by atoms with Crippen LogP contribution in [0.3, 0.4) is 0 Å². The summed E-state index contributed by atoms with van der Waals surface area (Å²) in [6.07, 6.45) is 13.1. The Morgan fingerprint density at radius 2 is 1.75 bits per heavy atom. The molecule has 0 heterocycles. The second kappa shape index (κ2) is 9.68. The molecule has 3 N–H and O–H groups in total. The number of non-ortho nitro benzene ring substituents is 1. The lowest BCUT2D eigenvalue weighted by Gasteiger charge is -2.38. The minimum atomic E-state index is -0.409. The molecule has 0 amide bonds. The zero-order valence-electron chi connectivity index (χ0n) is 16.9. The number of hydrogen-bond donors (Lipinski definition) is 2. The van der Waals surface area contributed by atoms with Crippen LogP contribution in [0.2, 0.25) is 0 Å². The van der Waals surface area contributed by atoms with Crippen LogP contribution in [0.5, 0.6) is 0 Å². The fraction of sp³-hybridized carbons (Fsp3) is 0.682. The standard InChI is InChI=1S/C22H33N3O2S/c1-2-3-15-4-6-16(7-5-15)17-8-10-18(11-9-17)22(28)24-21-14-19(25(26)27)12-13-20(21)23/h12-18H,2-11,23H2,1H3,(H,24,28). The molecule has 5 nitrogen and oxygen atoms in total. The summed E-state index contributed by atoms with van der Waals surface area (Å²) < 4.78 is 0. The number of anilines is 2. The summed E-state index contributed by atoms with van der Waals surface area (Å²) in [5, 5.41) is 14.2. The predicted molar refractivity (Wildman–Crippen MR) is 120 cm³/mol. The van der Waals surface area contributed by atoms with Crippen LogP contribution in [0.25, 0.3) is 0 Å². The normalized spacial score (nSPS) is 27.9. The first-order valence-corrected chi connectivity index (χ1v) is 11.2. The molecule has 0 spiro atoms. The number of rotatable bonds is 6. The maximum absolute atomic E-state index is 11.0. The van der Waals surface area contributed by atoms with Gasteiger partial charge in [-0.1, -0.05) is 44.8 Å². The smallest absolute Gasteiger partial charge is 0.271 e. The molecule has 0 radical (unpaired) electrons. The van der Waals surface area contributed by atoms with Crippen molar-refractivity contribution in [1.82, 2.24) is 0 Å². The van der Waals surface area contributed by atoms with Crippen LogP contribution in [0.15, 0.2) is 18.2 Å². The van der Waals surface area contributed by atoms with Crippen molar-refractivity contribution in [3.8, 4) is 0 Å². The van der Waals surface area contributed by atoms with Crippen LogP contribution in [0.4, 0.5) is 17.1 Å². The number of nitrogens with zero attached hydrogens (tertiary/aromatic N) is 1. The summed E-state index contributed by atoms with van der Waals surface area (Å²) in [7, 11) is 0. The van der Waals surface area contributed by atoms with Crippen LogP contribution < -0.4 is 11.1 Å². The Bertz CT molecular complexity index is 693. The number of nitro groups is 1. The van der Waals surface area contributed by atoms with Crippen molar-refractivity contribution >= 4 is 34.3 Å². The minimum Gasteiger partial charge on any atom is -0.397 e. The van der Waals surface area contributed by atoms with Gasteiger partial charge < -0.3 is 11.1 Å². The first-order valence-electron chi connectivity index (χ1n) is 10.8. The second-order valence-corrected chi connectivity index (χ2v) is 9.14. The van der Waals surface area contributed by atoms with Gasteiger partial charge in [0.2, 0.25) is 0 Å². The summed E-state index contributed by atoms with van der Waals surface area (Å²) in [5.41, 5.74) is 7.05. The van der Waals surface area contributed by atoms with Crippen molar-refractivity contribution in [3.63, 3.8) is 0 Å². The molecule has 2 aliphatic rings. The van der Waals surface area contributed by atoms with Crippen molar-refractivity contribution in [3.05, 3.63) is 28.3 Å². The number of nitro benzene ring substituents is 1. The van der Waals surface area contributed by atoms with E-state index in [0.29, 0.717) is 17.3 Å². The zero-order valence-corrected chi connectivity index (χ0v) is 17.7. The average Bonchev–Trinajstić information content (AvgIpc) is 2.70. The summed E-state index contributed by atoms with van der Waals surface area (Å²) in [5.74, 6) is 3.07. The van der Waals surface area contributed by atoms with Gasteiger partial charge in [-0.2, -0.15) is 0 Å². The van der Waals surface area contributed by atoms with E-state index in [4.69, 9.17) is 18.0 Å². The van der Waals surface area contributed by atoms with E-state index in [0.717, 1.165) is 35.6 Å². The lowest BCUT2D eigenvalue weighted by Crippen LogP contribution is -2.30. The van der Waals surface area contributed by atoms with Crippen molar-refractivity contribution in [2.24, 2.45) is 23.7 Å². The lowest BCUT2D eigenvalue weighted by molar-refractivity contribution is -0.384. The number of nitrogen functional groups attached to an aromatic ring is 1. The third-order valence-electron chi connectivity index (χ3n) is 6.90. The Morgan fingerprint density at radius 1 is 1.14 bits per heavy atom. The second-order valence-electron chi connectivity index (χ2n) is 8.70. The predicted octanol–water partition coefficient (Wildman–Crippen LogP) is 6.33. The third-order valence-corrected chi connectivity index (χ3v) is 7.34. The van der Waals surface area contributed by atoms with Crippen LogP contribution >= 0.6 is 12.2 Å². The molecule has 154 valence electrons. The van der Waals surface area contributed by atoms with Gasteiger partial charge in [0.15, 0.2) is 0 Å². The Kier molecular flexibility index (Phi) is 7.27. The van der Waals surface area contributed by atoms with Crippen LogP contribution in [-0.4, -0.2) is 9.91 Å². The third kappa shape index (κ3) is 5.22. The Labute approximate surface area is 173 Å². The molecule has 0 saturated heterocycles. The molecule has 2 saturated carbocycles. The maximum Gasteiger partial charge on any atom is 0.271 e. The van der Waals surface area contributed by atoms with Gasteiger partial charge in [-0.15, -0.1) is 0 Å². The van der Waals surface area contributed by atoms with Crippen molar-refractivity contribution in [1.29, 1.82) is 0 Å². The minimum absolute atomic E-state index is 0.0295. The molecule has 0 atom stereocenters. The first kappa shape index (κ1) is 21.0. The summed E-state index contributed by atoms with van der Waals surface area (Å²) in [6, 6.07) is 4.46. The maximum atomic E-state index is 11.0. The zero-order chi connectivity index (χ0) is 20.1. The van der Waals surface area contributed by atoms with Gasteiger partial charge in [-0.3, -0.25) is 10.1 Å². The largest absolute Gasteiger partial charge is 0.397 e. The van der Waals surface area contributed by atoms with Gasteiger partial charge in [-0.05, 0) is 62.3 Å². The monoisotopic (exact) mass is 403 g/mol. The van der Waals surface area contributed by atoms with E-state index in [-0.39, 0.29) is 5.69 Å². The molecular formula is C22H33N3O2S. The highest BCUT2D eigenvalue weighted by Crippen LogP contribution is 2.42. The molecule has 1 aromatic rings. The van der Waals surface area contributed by atoms with Crippen molar-refractivity contribution < 1.29 is 4.92 Å². The number of thiocarbonyl (C=S) groups is 1. The molecule has 6 heteroatoms. The Balaban J connectivity index is 1.49. The highest BCUT2D eigenvalue weighted by atomic mass is 32.1. The SMILES string of the molecule is CCCC1CCC(C2CCC(C(=S)Nc3cc([N+](=O)[O-])ccc3N)CC2)CC1. The van der Waals surface area contributed by atoms with Gasteiger partial charge >= 0.3 is 0 Å². The topological polar surface area (TPSA) is 81.2 Å². The summed E-state index contributed by atoms with van der Waals surface area (Å²) >= 11 is 5.63. The first-order chi connectivity index (χ1) is 13.5. The van der Waals surface area contributed by atoms with Gasteiger partial charge in [0, 0.05) is 18.1 Å². The van der Waals surface area contributed by atoms with Gasteiger partial charge in [0.25, 0.3) is 5.69 Å². The summed E-state index contributed by atoms with van der Waals surface area (Å²) in [4.78, 5) is 11.4. The fourth-order valence-electron chi connectivity index (χ4n) is 5.21. The molecule has 2 fully saturated rings. The molecule has 2 aliphatic carbocycles. The van der Waals surface area contributed by atoms with Gasteiger partial charge in [-0.25, -0.2) is 0 Å². The number of nitrogens with one attached hydrogen (secondary N) is 1. The highest BCUT2D eigenvalue weighted by molar-refractivity contribution is 7.80. The molecule has 0 unspecified atom stereocenters. The summed E-state index contributed by atoms with van der Waals surface area (Å²) in [6.45, 7) is 2.30. The van der Waals surface area contributed by atoms with Crippen molar-refractivity contribution in [2.45, 2.75) is 71.1 Å². The average molecular weight is 404 g/mol. The fourth-order valence-corrected chi connectivity index (χ4v) is 5.56. The van der Waals surface area contributed by atoms with E-state index < -0.39 is 4.92 Å². The van der Waals surface area contributed by atoms with Gasteiger partial charge in [0.05, 0.1) is 21.3 Å². The Morgan fingerprint density at radius 3 is 2.32 bits per heavy atom. The van der Waals surface area contributed by atoms with Crippen LogP contribution in [-0.2, 0) is 0 Å². The molecule has 0 bridgehead atoms. The van der Waals surface area contributed by atoms with Crippen LogP contribution in [0.1, 0.15) is 71.1 Å². The molecule has 1 aromatic carbocycles. The van der Waals surface area contributed by atoms with E-state index in [1.807, 2.05) is 0 Å². The van der Waals surface area contributed by atoms with Crippen LogP contribution in [0, 0.1) is 33.8 Å². The number of nitrogens with two attached hydrogens (primary N) is 1. The Hall–Kier alpha value is -1.69. The molecular weight excluding hydrogens is 370 g/mol. The van der Waals surface area contributed by atoms with E-state index >= 15 is 0 Å². The van der Waals surface area contributed by atoms with E-state index in [1.165, 1.54) is 63.5 Å². The van der Waals surface area contributed by atoms with Gasteiger partial charge in [0.1, 0.15) is 0 Å².